The van der Waals surface area contributed by atoms with Crippen LogP contribution in [0.2, 0.25) is 0 Å². The molecule has 5 heteroatoms. The molecule has 0 aliphatic heterocycles. The van der Waals surface area contributed by atoms with E-state index < -0.39 is 11.8 Å². The predicted molar refractivity (Wildman–Crippen MR) is 72.9 cm³/mol. The van der Waals surface area contributed by atoms with Crippen LogP contribution in [-0.4, -0.2) is 16.1 Å². The largest absolute Gasteiger partial charge is 0.478 e. The number of carbonyl (C=O) groups is 1. The Morgan fingerprint density at radius 1 is 1.35 bits per heavy atom. The Morgan fingerprint density at radius 2 is 2.05 bits per heavy atom. The average molecular weight is 274 g/mol. The number of hydrogen-bond donors (Lipinski definition) is 2. The van der Waals surface area contributed by atoms with Gasteiger partial charge >= 0.3 is 5.97 Å². The van der Waals surface area contributed by atoms with E-state index in [0.29, 0.717) is 12.1 Å². The first-order valence-electron chi connectivity index (χ1n) is 6.23. The molecule has 0 radical (unpaired) electrons. The van der Waals surface area contributed by atoms with E-state index in [4.69, 9.17) is 5.11 Å². The smallest absolute Gasteiger partial charge is 0.338 e. The van der Waals surface area contributed by atoms with Crippen molar-refractivity contribution < 1.29 is 14.3 Å². The normalized spacial score (nSPS) is 12.1. The minimum atomic E-state index is -1.26. The van der Waals surface area contributed by atoms with E-state index in [2.05, 4.69) is 10.3 Å². The number of carboxylic acids is 1. The third-order valence-electron chi connectivity index (χ3n) is 3.08. The van der Waals surface area contributed by atoms with Gasteiger partial charge in [0, 0.05) is 25.0 Å². The molecule has 2 N–H and O–H groups in total. The zero-order chi connectivity index (χ0) is 14.5. The van der Waals surface area contributed by atoms with Gasteiger partial charge < -0.3 is 10.4 Å². The molecule has 0 amide bonds. The van der Waals surface area contributed by atoms with Crippen molar-refractivity contribution in [3.8, 4) is 0 Å². The van der Waals surface area contributed by atoms with Crippen LogP contribution in [0, 0.1) is 5.82 Å². The first-order chi connectivity index (χ1) is 9.58. The molecule has 0 spiro atoms. The van der Waals surface area contributed by atoms with E-state index in [-0.39, 0.29) is 11.6 Å². The van der Waals surface area contributed by atoms with Crippen molar-refractivity contribution in [2.24, 2.45) is 0 Å². The molecule has 1 unspecified atom stereocenters. The fraction of sp³-hybridized carbons (Fsp3) is 0.200. The van der Waals surface area contributed by atoms with Crippen LogP contribution >= 0.6 is 0 Å². The number of rotatable bonds is 5. The van der Waals surface area contributed by atoms with Gasteiger partial charge in [-0.05, 0) is 42.3 Å². The summed E-state index contributed by atoms with van der Waals surface area (Å²) in [6, 6.07) is 8.05. The van der Waals surface area contributed by atoms with E-state index >= 15 is 0 Å². The summed E-state index contributed by atoms with van der Waals surface area (Å²) < 4.78 is 13.5. The Kier molecular flexibility index (Phi) is 4.42. The third-order valence-corrected chi connectivity index (χ3v) is 3.08. The van der Waals surface area contributed by atoms with Crippen molar-refractivity contribution in [1.82, 2.24) is 10.3 Å². The number of nitrogens with one attached hydrogen (secondary N) is 1. The summed E-state index contributed by atoms with van der Waals surface area (Å²) in [6.07, 6.45) is 3.43. The Balaban J connectivity index is 2.01. The van der Waals surface area contributed by atoms with Gasteiger partial charge in [0.05, 0.1) is 5.56 Å². The molecule has 0 aliphatic carbocycles. The SMILES string of the molecule is CC(NCc1ccc(C(=O)O)c(F)c1)c1ccncc1. The molecule has 0 fully saturated rings. The van der Waals surface area contributed by atoms with Crippen LogP contribution in [0.3, 0.4) is 0 Å². The molecule has 1 aromatic carbocycles. The zero-order valence-corrected chi connectivity index (χ0v) is 11.0. The van der Waals surface area contributed by atoms with Crippen LogP contribution in [-0.2, 0) is 6.54 Å². The molecule has 0 aliphatic rings. The third kappa shape index (κ3) is 3.39. The lowest BCUT2D eigenvalue weighted by Crippen LogP contribution is -2.18. The number of aromatic nitrogens is 1. The lowest BCUT2D eigenvalue weighted by atomic mass is 10.1. The van der Waals surface area contributed by atoms with Crippen molar-refractivity contribution in [1.29, 1.82) is 0 Å². The highest BCUT2D eigenvalue weighted by molar-refractivity contribution is 5.87. The maximum atomic E-state index is 13.5. The molecule has 1 atom stereocenters. The van der Waals surface area contributed by atoms with Crippen LogP contribution in [0.4, 0.5) is 4.39 Å². The maximum Gasteiger partial charge on any atom is 0.338 e. The lowest BCUT2D eigenvalue weighted by molar-refractivity contribution is 0.0692. The standard InChI is InChI=1S/C15H15FN2O2/c1-10(12-4-6-17-7-5-12)18-9-11-2-3-13(15(19)20)14(16)8-11/h2-8,10,18H,9H2,1H3,(H,19,20). The summed E-state index contributed by atoms with van der Waals surface area (Å²) in [5, 5.41) is 12.0. The van der Waals surface area contributed by atoms with Gasteiger partial charge in [-0.1, -0.05) is 6.07 Å². The monoisotopic (exact) mass is 274 g/mol. The van der Waals surface area contributed by atoms with E-state index in [0.717, 1.165) is 5.56 Å². The van der Waals surface area contributed by atoms with E-state index in [1.165, 1.54) is 12.1 Å². The zero-order valence-electron chi connectivity index (χ0n) is 11.0. The van der Waals surface area contributed by atoms with Crippen molar-refractivity contribution in [3.63, 3.8) is 0 Å². The first-order valence-corrected chi connectivity index (χ1v) is 6.23. The highest BCUT2D eigenvalue weighted by Crippen LogP contribution is 2.14. The molecule has 2 rings (SSSR count). The van der Waals surface area contributed by atoms with Gasteiger partial charge in [-0.25, -0.2) is 9.18 Å². The molecule has 0 bridgehead atoms. The predicted octanol–water partition coefficient (Wildman–Crippen LogP) is 2.77. The minimum Gasteiger partial charge on any atom is -0.478 e. The highest BCUT2D eigenvalue weighted by atomic mass is 19.1. The van der Waals surface area contributed by atoms with Crippen molar-refractivity contribution in [2.75, 3.05) is 0 Å². The second kappa shape index (κ2) is 6.25. The molecular formula is C15H15FN2O2. The number of pyridine rings is 1. The second-order valence-electron chi connectivity index (χ2n) is 4.50. The van der Waals surface area contributed by atoms with Gasteiger partial charge in [-0.3, -0.25) is 4.98 Å². The number of hydrogen-bond acceptors (Lipinski definition) is 3. The van der Waals surface area contributed by atoms with Crippen molar-refractivity contribution >= 4 is 5.97 Å². The Morgan fingerprint density at radius 3 is 2.65 bits per heavy atom. The van der Waals surface area contributed by atoms with Crippen LogP contribution in [0.25, 0.3) is 0 Å². The number of nitrogens with zero attached hydrogens (tertiary/aromatic N) is 1. The molecule has 104 valence electrons. The highest BCUT2D eigenvalue weighted by Gasteiger charge is 2.11. The van der Waals surface area contributed by atoms with Crippen molar-refractivity contribution in [3.05, 3.63) is 65.2 Å². The van der Waals surface area contributed by atoms with Gasteiger partial charge in [0.1, 0.15) is 5.82 Å². The molecule has 4 nitrogen and oxygen atoms in total. The lowest BCUT2D eigenvalue weighted by Gasteiger charge is -2.14. The number of aromatic carboxylic acids is 1. The maximum absolute atomic E-state index is 13.5. The Bertz CT molecular complexity index is 602. The molecular weight excluding hydrogens is 259 g/mol. The fourth-order valence-electron chi connectivity index (χ4n) is 1.88. The minimum absolute atomic E-state index is 0.0974. The summed E-state index contributed by atoms with van der Waals surface area (Å²) in [6.45, 7) is 2.46. The summed E-state index contributed by atoms with van der Waals surface area (Å²) in [7, 11) is 0. The molecule has 0 saturated carbocycles. The van der Waals surface area contributed by atoms with Crippen LogP contribution in [0.1, 0.15) is 34.5 Å². The molecule has 0 saturated heterocycles. The number of halogens is 1. The van der Waals surface area contributed by atoms with Gasteiger partial charge in [0.15, 0.2) is 0 Å². The van der Waals surface area contributed by atoms with E-state index in [1.54, 1.807) is 18.5 Å². The van der Waals surface area contributed by atoms with E-state index in [9.17, 15) is 9.18 Å². The number of benzene rings is 1. The first kappa shape index (κ1) is 14.1. The molecule has 2 aromatic rings. The quantitative estimate of drug-likeness (QED) is 0.880. The van der Waals surface area contributed by atoms with Crippen LogP contribution in [0.5, 0.6) is 0 Å². The summed E-state index contributed by atoms with van der Waals surface area (Å²) in [4.78, 5) is 14.7. The molecule has 20 heavy (non-hydrogen) atoms. The van der Waals surface area contributed by atoms with Gasteiger partial charge in [0.25, 0.3) is 0 Å². The molecule has 1 aromatic heterocycles. The van der Waals surface area contributed by atoms with Crippen LogP contribution < -0.4 is 5.32 Å². The Hall–Kier alpha value is -2.27. The fourth-order valence-corrected chi connectivity index (χ4v) is 1.88. The average Bonchev–Trinajstić information content (AvgIpc) is 2.45. The van der Waals surface area contributed by atoms with Gasteiger partial charge in [0.2, 0.25) is 0 Å². The van der Waals surface area contributed by atoms with Crippen molar-refractivity contribution in [2.45, 2.75) is 19.5 Å². The van der Waals surface area contributed by atoms with Gasteiger partial charge in [-0.15, -0.1) is 0 Å². The summed E-state index contributed by atoms with van der Waals surface area (Å²) in [5.41, 5.74) is 1.48. The summed E-state index contributed by atoms with van der Waals surface area (Å²) >= 11 is 0. The molecule has 1 heterocycles. The van der Waals surface area contributed by atoms with Crippen LogP contribution in [0.15, 0.2) is 42.7 Å². The van der Waals surface area contributed by atoms with E-state index in [1.807, 2.05) is 19.1 Å². The topological polar surface area (TPSA) is 62.2 Å². The Labute approximate surface area is 116 Å². The summed E-state index contributed by atoms with van der Waals surface area (Å²) in [5.74, 6) is -1.97. The number of carboxylic acid groups (broad SMARTS) is 1. The van der Waals surface area contributed by atoms with Gasteiger partial charge in [-0.2, -0.15) is 0 Å². The second-order valence-corrected chi connectivity index (χ2v) is 4.50.